The van der Waals surface area contributed by atoms with Crippen LogP contribution in [0.1, 0.15) is 24.0 Å². The van der Waals surface area contributed by atoms with Gasteiger partial charge in [0.15, 0.2) is 0 Å². The fraction of sp³-hybridized carbons (Fsp3) is 0.308. The average molecular weight is 416 g/mol. The number of anilines is 1. The zero-order valence-corrected chi connectivity index (χ0v) is 17.9. The van der Waals surface area contributed by atoms with Crippen molar-refractivity contribution < 1.29 is 9.59 Å². The van der Waals surface area contributed by atoms with Crippen molar-refractivity contribution in [1.82, 2.24) is 10.2 Å². The summed E-state index contributed by atoms with van der Waals surface area (Å²) < 4.78 is 0. The van der Waals surface area contributed by atoms with Crippen molar-refractivity contribution in [1.29, 1.82) is 0 Å². The van der Waals surface area contributed by atoms with Crippen LogP contribution in [0.15, 0.2) is 66.7 Å². The van der Waals surface area contributed by atoms with Crippen LogP contribution in [-0.4, -0.2) is 36.3 Å². The molecule has 160 valence electrons. The summed E-state index contributed by atoms with van der Waals surface area (Å²) in [6.07, 6.45) is 1.56. The van der Waals surface area contributed by atoms with E-state index in [0.717, 1.165) is 48.0 Å². The van der Waals surface area contributed by atoms with E-state index in [1.54, 1.807) is 0 Å². The van der Waals surface area contributed by atoms with Crippen molar-refractivity contribution >= 4 is 28.3 Å². The predicted molar refractivity (Wildman–Crippen MR) is 125 cm³/mol. The van der Waals surface area contributed by atoms with E-state index >= 15 is 0 Å². The Hall–Kier alpha value is -3.18. The normalized spacial score (nSPS) is 15.0. The second kappa shape index (κ2) is 9.75. The van der Waals surface area contributed by atoms with E-state index in [0.29, 0.717) is 13.1 Å². The molecule has 1 fully saturated rings. The van der Waals surface area contributed by atoms with E-state index in [9.17, 15) is 9.59 Å². The number of hydrogen-bond acceptors (Lipinski definition) is 3. The number of amides is 2. The SMILES string of the molecule is Cc1ccc(CNC(=O)C2CCN(CC(=O)Nc3cccc4ccccc34)CC2)cc1. The zero-order chi connectivity index (χ0) is 21.6. The summed E-state index contributed by atoms with van der Waals surface area (Å²) in [6.45, 7) is 4.48. The third kappa shape index (κ3) is 5.50. The quantitative estimate of drug-likeness (QED) is 0.637. The molecule has 0 atom stereocenters. The monoisotopic (exact) mass is 415 g/mol. The molecular formula is C26H29N3O2. The molecule has 0 radical (unpaired) electrons. The molecule has 1 saturated heterocycles. The van der Waals surface area contributed by atoms with Gasteiger partial charge in [0.1, 0.15) is 0 Å². The smallest absolute Gasteiger partial charge is 0.238 e. The first-order chi connectivity index (χ1) is 15.1. The van der Waals surface area contributed by atoms with E-state index in [1.807, 2.05) is 54.6 Å². The Balaban J connectivity index is 1.23. The summed E-state index contributed by atoms with van der Waals surface area (Å²) in [6, 6.07) is 22.2. The molecule has 0 aliphatic carbocycles. The third-order valence-corrected chi connectivity index (χ3v) is 5.98. The lowest BCUT2D eigenvalue weighted by molar-refractivity contribution is -0.126. The standard InChI is InChI=1S/C26H29N3O2/c1-19-9-11-20(12-10-19)17-27-26(31)22-13-15-29(16-14-22)18-25(30)28-24-8-4-6-21-5-2-3-7-23(21)24/h2-12,22H,13-18H2,1H3,(H,27,31)(H,28,30). The number of nitrogens with one attached hydrogen (secondary N) is 2. The highest BCUT2D eigenvalue weighted by molar-refractivity contribution is 6.02. The van der Waals surface area contributed by atoms with Crippen molar-refractivity contribution in [2.24, 2.45) is 5.92 Å². The lowest BCUT2D eigenvalue weighted by Crippen LogP contribution is -2.43. The highest BCUT2D eigenvalue weighted by Crippen LogP contribution is 2.23. The Morgan fingerprint density at radius 3 is 2.42 bits per heavy atom. The number of benzene rings is 3. The summed E-state index contributed by atoms with van der Waals surface area (Å²) in [4.78, 5) is 27.2. The average Bonchev–Trinajstić information content (AvgIpc) is 2.79. The molecule has 4 rings (SSSR count). The Morgan fingerprint density at radius 1 is 0.935 bits per heavy atom. The van der Waals surface area contributed by atoms with Crippen LogP contribution in [0.4, 0.5) is 5.69 Å². The molecule has 2 amide bonds. The minimum Gasteiger partial charge on any atom is -0.352 e. The summed E-state index contributed by atoms with van der Waals surface area (Å²) in [7, 11) is 0. The van der Waals surface area contributed by atoms with Crippen LogP contribution in [-0.2, 0) is 16.1 Å². The first-order valence-corrected chi connectivity index (χ1v) is 10.9. The van der Waals surface area contributed by atoms with Crippen LogP contribution in [0.3, 0.4) is 0 Å². The highest BCUT2D eigenvalue weighted by atomic mass is 16.2. The van der Waals surface area contributed by atoms with Crippen molar-refractivity contribution in [2.75, 3.05) is 25.0 Å². The van der Waals surface area contributed by atoms with Crippen LogP contribution in [0.2, 0.25) is 0 Å². The number of likely N-dealkylation sites (tertiary alicyclic amines) is 1. The van der Waals surface area contributed by atoms with E-state index in [1.165, 1.54) is 5.56 Å². The lowest BCUT2D eigenvalue weighted by Gasteiger charge is -2.30. The highest BCUT2D eigenvalue weighted by Gasteiger charge is 2.25. The molecule has 5 nitrogen and oxygen atoms in total. The maximum absolute atomic E-state index is 12.6. The first kappa shape index (κ1) is 21.1. The van der Waals surface area contributed by atoms with Crippen molar-refractivity contribution in [3.05, 3.63) is 77.9 Å². The fourth-order valence-corrected chi connectivity index (χ4v) is 4.12. The van der Waals surface area contributed by atoms with Crippen molar-refractivity contribution in [2.45, 2.75) is 26.3 Å². The molecule has 2 N–H and O–H groups in total. The molecule has 0 unspecified atom stereocenters. The number of hydrogen-bond donors (Lipinski definition) is 2. The molecule has 0 bridgehead atoms. The Labute approximate surface area is 183 Å². The van der Waals surface area contributed by atoms with Gasteiger partial charge in [-0.3, -0.25) is 14.5 Å². The molecule has 5 heteroatoms. The minimum absolute atomic E-state index is 0.0152. The van der Waals surface area contributed by atoms with Crippen molar-refractivity contribution in [3.63, 3.8) is 0 Å². The summed E-state index contributed by atoms with van der Waals surface area (Å²) in [5, 5.41) is 8.26. The summed E-state index contributed by atoms with van der Waals surface area (Å²) in [5.41, 5.74) is 3.17. The van der Waals surface area contributed by atoms with Gasteiger partial charge in [0.2, 0.25) is 11.8 Å². The van der Waals surface area contributed by atoms with E-state index in [2.05, 4.69) is 34.6 Å². The first-order valence-electron chi connectivity index (χ1n) is 10.9. The van der Waals surface area contributed by atoms with Gasteiger partial charge in [0.25, 0.3) is 0 Å². The lowest BCUT2D eigenvalue weighted by atomic mass is 9.95. The zero-order valence-electron chi connectivity index (χ0n) is 17.9. The number of piperidine rings is 1. The van der Waals surface area contributed by atoms with Gasteiger partial charge in [-0.1, -0.05) is 66.2 Å². The number of rotatable bonds is 6. The Bertz CT molecular complexity index is 1050. The fourth-order valence-electron chi connectivity index (χ4n) is 4.12. The van der Waals surface area contributed by atoms with Gasteiger partial charge in [0.05, 0.1) is 6.54 Å². The van der Waals surface area contributed by atoms with Crippen LogP contribution < -0.4 is 10.6 Å². The molecule has 0 saturated carbocycles. The van der Waals surface area contributed by atoms with Gasteiger partial charge in [-0.2, -0.15) is 0 Å². The molecule has 0 aromatic heterocycles. The molecule has 0 spiro atoms. The Kier molecular flexibility index (Phi) is 6.63. The van der Waals surface area contributed by atoms with Gasteiger partial charge in [-0.25, -0.2) is 0 Å². The number of nitrogens with zero attached hydrogens (tertiary/aromatic N) is 1. The molecule has 31 heavy (non-hydrogen) atoms. The van der Waals surface area contributed by atoms with E-state index < -0.39 is 0 Å². The van der Waals surface area contributed by atoms with Gasteiger partial charge in [-0.15, -0.1) is 0 Å². The predicted octanol–water partition coefficient (Wildman–Crippen LogP) is 4.12. The molecule has 3 aromatic rings. The molecule has 1 aliphatic rings. The van der Waals surface area contributed by atoms with Gasteiger partial charge >= 0.3 is 0 Å². The maximum Gasteiger partial charge on any atom is 0.238 e. The Morgan fingerprint density at radius 2 is 1.65 bits per heavy atom. The second-order valence-electron chi connectivity index (χ2n) is 8.33. The molecule has 1 aliphatic heterocycles. The second-order valence-corrected chi connectivity index (χ2v) is 8.33. The largest absolute Gasteiger partial charge is 0.352 e. The summed E-state index contributed by atoms with van der Waals surface area (Å²) >= 11 is 0. The van der Waals surface area contributed by atoms with Crippen LogP contribution in [0.5, 0.6) is 0 Å². The number of aryl methyl sites for hydroxylation is 1. The topological polar surface area (TPSA) is 61.4 Å². The van der Waals surface area contributed by atoms with Gasteiger partial charge in [-0.05, 0) is 49.9 Å². The van der Waals surface area contributed by atoms with Crippen LogP contribution in [0, 0.1) is 12.8 Å². The van der Waals surface area contributed by atoms with Gasteiger partial charge < -0.3 is 10.6 Å². The molecule has 1 heterocycles. The molecule has 3 aromatic carbocycles. The van der Waals surface area contributed by atoms with Crippen molar-refractivity contribution in [3.8, 4) is 0 Å². The minimum atomic E-state index is -0.0152. The number of fused-ring (bicyclic) bond motifs is 1. The maximum atomic E-state index is 12.6. The van der Waals surface area contributed by atoms with E-state index in [4.69, 9.17) is 0 Å². The van der Waals surface area contributed by atoms with Crippen LogP contribution >= 0.6 is 0 Å². The summed E-state index contributed by atoms with van der Waals surface area (Å²) in [5.74, 6) is 0.113. The number of carbonyl (C=O) groups is 2. The van der Waals surface area contributed by atoms with Crippen LogP contribution in [0.25, 0.3) is 10.8 Å². The molecular weight excluding hydrogens is 386 g/mol. The van der Waals surface area contributed by atoms with E-state index in [-0.39, 0.29) is 17.7 Å². The third-order valence-electron chi connectivity index (χ3n) is 5.98. The van der Waals surface area contributed by atoms with Gasteiger partial charge in [0, 0.05) is 23.5 Å². The number of carbonyl (C=O) groups excluding carboxylic acids is 2.